The van der Waals surface area contributed by atoms with Gasteiger partial charge in [-0.3, -0.25) is 4.79 Å². The molecule has 1 amide bonds. The number of carbonyl (C=O) groups excluding carboxylic acids is 1. The van der Waals surface area contributed by atoms with Gasteiger partial charge in [0.1, 0.15) is 5.82 Å². The molecule has 0 fully saturated rings. The third-order valence-corrected chi connectivity index (χ3v) is 2.44. The van der Waals surface area contributed by atoms with Crippen LogP contribution in [0.3, 0.4) is 0 Å². The van der Waals surface area contributed by atoms with Gasteiger partial charge in [-0.2, -0.15) is 0 Å². The van der Waals surface area contributed by atoms with Crippen molar-refractivity contribution in [1.82, 2.24) is 4.90 Å². The van der Waals surface area contributed by atoms with E-state index in [0.717, 1.165) is 13.0 Å². The van der Waals surface area contributed by atoms with E-state index in [-0.39, 0.29) is 11.7 Å². The van der Waals surface area contributed by atoms with Crippen LogP contribution in [-0.4, -0.2) is 23.9 Å². The zero-order chi connectivity index (χ0) is 10.7. The highest BCUT2D eigenvalue weighted by Gasteiger charge is 2.15. The Labute approximate surface area is 88.0 Å². The zero-order valence-corrected chi connectivity index (χ0v) is 8.32. The minimum atomic E-state index is -0.315. The van der Waals surface area contributed by atoms with Crippen LogP contribution in [0, 0.1) is 5.82 Å². The van der Waals surface area contributed by atoms with Crippen molar-refractivity contribution < 1.29 is 9.18 Å². The van der Waals surface area contributed by atoms with Crippen molar-refractivity contribution in [3.8, 4) is 0 Å². The maximum atomic E-state index is 12.7. The first-order chi connectivity index (χ1) is 7.27. The number of amides is 1. The predicted molar refractivity (Wildman–Crippen MR) is 56.1 cm³/mol. The Balaban J connectivity index is 2.13. The van der Waals surface area contributed by atoms with Crippen LogP contribution in [0.25, 0.3) is 0 Å². The van der Waals surface area contributed by atoms with Gasteiger partial charge in [0.25, 0.3) is 5.91 Å². The molecule has 15 heavy (non-hydrogen) atoms. The summed E-state index contributed by atoms with van der Waals surface area (Å²) < 4.78 is 12.7. The fraction of sp³-hybridized carbons (Fsp3) is 0.250. The molecule has 0 aromatic heterocycles. The van der Waals surface area contributed by atoms with Crippen LogP contribution in [0.1, 0.15) is 16.8 Å². The minimum Gasteiger partial charge on any atom is -0.335 e. The quantitative estimate of drug-likeness (QED) is 0.644. The van der Waals surface area contributed by atoms with Crippen molar-refractivity contribution in [3.05, 3.63) is 47.8 Å². The molecular weight excluding hydrogens is 193 g/mol. The molecule has 0 spiro atoms. The maximum absolute atomic E-state index is 12.7. The fourth-order valence-corrected chi connectivity index (χ4v) is 1.60. The lowest BCUT2D eigenvalue weighted by Crippen LogP contribution is -2.33. The summed E-state index contributed by atoms with van der Waals surface area (Å²) >= 11 is 0. The van der Waals surface area contributed by atoms with Crippen molar-refractivity contribution in [2.75, 3.05) is 13.1 Å². The summed E-state index contributed by atoms with van der Waals surface area (Å²) in [5, 5.41) is 0. The maximum Gasteiger partial charge on any atom is 0.254 e. The van der Waals surface area contributed by atoms with Gasteiger partial charge >= 0.3 is 0 Å². The van der Waals surface area contributed by atoms with Gasteiger partial charge in [-0.15, -0.1) is 0 Å². The summed E-state index contributed by atoms with van der Waals surface area (Å²) in [7, 11) is 0. The molecule has 0 N–H and O–H groups in total. The third kappa shape index (κ3) is 2.24. The second-order valence-corrected chi connectivity index (χ2v) is 3.52. The van der Waals surface area contributed by atoms with Crippen molar-refractivity contribution in [1.29, 1.82) is 0 Å². The van der Waals surface area contributed by atoms with Crippen LogP contribution >= 0.6 is 0 Å². The van der Waals surface area contributed by atoms with Gasteiger partial charge in [0.05, 0.1) is 0 Å². The average Bonchev–Trinajstić information content (AvgIpc) is 2.30. The molecule has 0 saturated carbocycles. The van der Waals surface area contributed by atoms with E-state index in [4.69, 9.17) is 0 Å². The van der Waals surface area contributed by atoms with Gasteiger partial charge in [-0.1, -0.05) is 12.2 Å². The number of nitrogens with zero attached hydrogens (tertiary/aromatic N) is 1. The smallest absolute Gasteiger partial charge is 0.254 e. The van der Waals surface area contributed by atoms with Gasteiger partial charge < -0.3 is 4.90 Å². The van der Waals surface area contributed by atoms with Crippen LogP contribution < -0.4 is 0 Å². The molecule has 78 valence electrons. The number of carbonyl (C=O) groups is 1. The SMILES string of the molecule is O=C(c1ccc(F)cc1)N1CC=CCC1. The van der Waals surface area contributed by atoms with Gasteiger partial charge in [-0.05, 0) is 30.7 Å². The van der Waals surface area contributed by atoms with Crippen LogP contribution in [0.5, 0.6) is 0 Å². The molecule has 0 bridgehead atoms. The molecule has 0 atom stereocenters. The Morgan fingerprint density at radius 1 is 1.20 bits per heavy atom. The number of rotatable bonds is 1. The first-order valence-electron chi connectivity index (χ1n) is 4.97. The largest absolute Gasteiger partial charge is 0.335 e. The van der Waals surface area contributed by atoms with E-state index >= 15 is 0 Å². The molecule has 1 heterocycles. The average molecular weight is 205 g/mol. The van der Waals surface area contributed by atoms with Crippen molar-refractivity contribution in [2.45, 2.75) is 6.42 Å². The van der Waals surface area contributed by atoms with Crippen LogP contribution in [0.15, 0.2) is 36.4 Å². The molecule has 2 nitrogen and oxygen atoms in total. The standard InChI is InChI=1S/C12H12FNO/c13-11-6-4-10(5-7-11)12(15)14-8-2-1-3-9-14/h1-2,4-7H,3,8-9H2. The monoisotopic (exact) mass is 205 g/mol. The predicted octanol–water partition coefficient (Wildman–Crippen LogP) is 2.23. The first kappa shape index (κ1) is 9.90. The molecule has 0 unspecified atom stereocenters. The summed E-state index contributed by atoms with van der Waals surface area (Å²) in [6.07, 6.45) is 4.94. The van der Waals surface area contributed by atoms with Crippen LogP contribution in [-0.2, 0) is 0 Å². The highest BCUT2D eigenvalue weighted by Crippen LogP contribution is 2.09. The molecule has 1 aliphatic rings. The molecule has 1 aliphatic heterocycles. The molecule has 1 aromatic carbocycles. The summed E-state index contributed by atoms with van der Waals surface area (Å²) in [4.78, 5) is 13.6. The zero-order valence-electron chi connectivity index (χ0n) is 8.32. The van der Waals surface area contributed by atoms with E-state index in [2.05, 4.69) is 6.08 Å². The van der Waals surface area contributed by atoms with Gasteiger partial charge in [0.15, 0.2) is 0 Å². The second kappa shape index (κ2) is 4.26. The van der Waals surface area contributed by atoms with E-state index in [1.807, 2.05) is 6.08 Å². The lowest BCUT2D eigenvalue weighted by Gasteiger charge is -2.23. The molecule has 2 rings (SSSR count). The minimum absolute atomic E-state index is 0.0284. The molecular formula is C12H12FNO. The molecule has 1 aromatic rings. The number of halogens is 1. The second-order valence-electron chi connectivity index (χ2n) is 3.52. The highest BCUT2D eigenvalue weighted by atomic mass is 19.1. The van der Waals surface area contributed by atoms with E-state index < -0.39 is 0 Å². The summed E-state index contributed by atoms with van der Waals surface area (Å²) in [5.74, 6) is -0.343. The Morgan fingerprint density at radius 3 is 2.53 bits per heavy atom. The summed E-state index contributed by atoms with van der Waals surface area (Å²) in [5.41, 5.74) is 0.548. The lowest BCUT2D eigenvalue weighted by molar-refractivity contribution is 0.0771. The van der Waals surface area contributed by atoms with E-state index in [9.17, 15) is 9.18 Å². The van der Waals surface area contributed by atoms with Gasteiger partial charge in [0, 0.05) is 18.7 Å². The van der Waals surface area contributed by atoms with Crippen molar-refractivity contribution in [3.63, 3.8) is 0 Å². The molecule has 0 aliphatic carbocycles. The van der Waals surface area contributed by atoms with Crippen molar-refractivity contribution >= 4 is 5.91 Å². The van der Waals surface area contributed by atoms with Gasteiger partial charge in [0.2, 0.25) is 0 Å². The summed E-state index contributed by atoms with van der Waals surface area (Å²) in [6.45, 7) is 1.39. The van der Waals surface area contributed by atoms with Crippen LogP contribution in [0.4, 0.5) is 4.39 Å². The van der Waals surface area contributed by atoms with Gasteiger partial charge in [-0.25, -0.2) is 4.39 Å². The summed E-state index contributed by atoms with van der Waals surface area (Å²) in [6, 6.07) is 5.67. The molecule has 3 heteroatoms. The Bertz CT molecular complexity index is 383. The number of hydrogen-bond acceptors (Lipinski definition) is 1. The Morgan fingerprint density at radius 2 is 1.93 bits per heavy atom. The van der Waals surface area contributed by atoms with Crippen LogP contribution in [0.2, 0.25) is 0 Å². The van der Waals surface area contributed by atoms with E-state index in [1.165, 1.54) is 24.3 Å². The topological polar surface area (TPSA) is 20.3 Å². The lowest BCUT2D eigenvalue weighted by atomic mass is 10.1. The normalized spacial score (nSPS) is 15.4. The van der Waals surface area contributed by atoms with E-state index in [1.54, 1.807) is 4.90 Å². The molecule has 0 radical (unpaired) electrons. The van der Waals surface area contributed by atoms with E-state index in [0.29, 0.717) is 12.1 Å². The highest BCUT2D eigenvalue weighted by molar-refractivity contribution is 5.94. The Hall–Kier alpha value is -1.64. The number of hydrogen-bond donors (Lipinski definition) is 0. The fourth-order valence-electron chi connectivity index (χ4n) is 1.60. The number of benzene rings is 1. The Kier molecular flexibility index (Phi) is 2.81. The first-order valence-corrected chi connectivity index (χ1v) is 4.97. The van der Waals surface area contributed by atoms with Crippen molar-refractivity contribution in [2.24, 2.45) is 0 Å². The third-order valence-electron chi connectivity index (χ3n) is 2.44. The molecule has 0 saturated heterocycles.